The number of carbonyl (C=O) groups is 2. The molecule has 1 atom stereocenters. The first-order valence-corrected chi connectivity index (χ1v) is 10.3. The van der Waals surface area contributed by atoms with Gasteiger partial charge in [0.05, 0.1) is 0 Å². The number of hydrogen-bond acceptors (Lipinski definition) is 4. The van der Waals surface area contributed by atoms with E-state index < -0.39 is 0 Å². The van der Waals surface area contributed by atoms with Crippen LogP contribution in [0.3, 0.4) is 0 Å². The summed E-state index contributed by atoms with van der Waals surface area (Å²) < 4.78 is 3.19. The average molecular weight is 397 g/mol. The molecule has 2 amide bonds. The Hall–Kier alpha value is -2.90. The molecule has 4 heterocycles. The highest BCUT2D eigenvalue weighted by atomic mass is 16.2. The van der Waals surface area contributed by atoms with E-state index in [9.17, 15) is 14.4 Å². The SMILES string of the molecule is CCn1ccc(C(=O)N2CCc3c(cn(C)c(=O)c3C(=O)N3CCCC3C)C2)n1. The minimum atomic E-state index is -0.255. The van der Waals surface area contributed by atoms with Gasteiger partial charge in [-0.15, -0.1) is 0 Å². The van der Waals surface area contributed by atoms with Crippen LogP contribution in [0.4, 0.5) is 0 Å². The van der Waals surface area contributed by atoms with Gasteiger partial charge in [0, 0.05) is 51.7 Å². The van der Waals surface area contributed by atoms with Gasteiger partial charge in [-0.3, -0.25) is 19.1 Å². The molecule has 1 unspecified atom stereocenters. The number of pyridine rings is 1. The first kappa shape index (κ1) is 19.4. The highest BCUT2D eigenvalue weighted by Crippen LogP contribution is 2.25. The van der Waals surface area contributed by atoms with Gasteiger partial charge in [0.15, 0.2) is 0 Å². The van der Waals surface area contributed by atoms with E-state index in [1.807, 2.05) is 18.7 Å². The molecule has 4 rings (SSSR count). The predicted octanol–water partition coefficient (Wildman–Crippen LogP) is 1.42. The zero-order valence-electron chi connectivity index (χ0n) is 17.2. The van der Waals surface area contributed by atoms with Gasteiger partial charge in [0.25, 0.3) is 17.4 Å². The fourth-order valence-electron chi connectivity index (χ4n) is 4.38. The molecular formula is C21H27N5O3. The molecule has 2 aromatic rings. The van der Waals surface area contributed by atoms with Crippen LogP contribution >= 0.6 is 0 Å². The van der Waals surface area contributed by atoms with Gasteiger partial charge in [0.2, 0.25) is 0 Å². The van der Waals surface area contributed by atoms with Crippen LogP contribution in [-0.2, 0) is 26.6 Å². The standard InChI is InChI=1S/C21H27N5O3/c1-4-25-11-8-17(22-25)19(27)24-10-7-16-15(13-24)12-23(3)20(28)18(16)21(29)26-9-5-6-14(26)2/h8,11-12,14H,4-7,9-10,13H2,1-3H3. The van der Waals surface area contributed by atoms with E-state index in [1.54, 1.807) is 35.1 Å². The molecule has 0 aromatic carbocycles. The zero-order valence-corrected chi connectivity index (χ0v) is 17.2. The van der Waals surface area contributed by atoms with Crippen LogP contribution in [0.15, 0.2) is 23.3 Å². The van der Waals surface area contributed by atoms with Crippen LogP contribution in [0.25, 0.3) is 0 Å². The van der Waals surface area contributed by atoms with Crippen LogP contribution in [0, 0.1) is 0 Å². The summed E-state index contributed by atoms with van der Waals surface area (Å²) in [5.74, 6) is -0.299. The topological polar surface area (TPSA) is 80.4 Å². The second kappa shape index (κ2) is 7.50. The fraction of sp³-hybridized carbons (Fsp3) is 0.524. The quantitative estimate of drug-likeness (QED) is 0.785. The number of fused-ring (bicyclic) bond motifs is 1. The lowest BCUT2D eigenvalue weighted by Crippen LogP contribution is -2.43. The summed E-state index contributed by atoms with van der Waals surface area (Å²) in [7, 11) is 1.66. The van der Waals surface area contributed by atoms with Crippen molar-refractivity contribution in [1.29, 1.82) is 0 Å². The molecule has 0 bridgehead atoms. The highest BCUT2D eigenvalue weighted by Gasteiger charge is 2.33. The van der Waals surface area contributed by atoms with Gasteiger partial charge in [-0.2, -0.15) is 5.10 Å². The van der Waals surface area contributed by atoms with E-state index in [2.05, 4.69) is 5.10 Å². The molecule has 154 valence electrons. The Morgan fingerprint density at radius 1 is 1.24 bits per heavy atom. The van der Waals surface area contributed by atoms with Crippen molar-refractivity contribution in [2.45, 2.75) is 52.2 Å². The summed E-state index contributed by atoms with van der Waals surface area (Å²) in [6.45, 7) is 6.24. The molecule has 0 radical (unpaired) electrons. The number of aryl methyl sites for hydroxylation is 2. The van der Waals surface area contributed by atoms with Crippen LogP contribution < -0.4 is 5.56 Å². The Bertz CT molecular complexity index is 1020. The lowest BCUT2D eigenvalue weighted by Gasteiger charge is -2.31. The molecule has 0 aliphatic carbocycles. The highest BCUT2D eigenvalue weighted by molar-refractivity contribution is 5.96. The first-order chi connectivity index (χ1) is 13.9. The lowest BCUT2D eigenvalue weighted by molar-refractivity contribution is 0.0724. The third-order valence-electron chi connectivity index (χ3n) is 6.06. The molecule has 29 heavy (non-hydrogen) atoms. The third kappa shape index (κ3) is 3.36. The van der Waals surface area contributed by atoms with E-state index in [0.717, 1.165) is 24.0 Å². The first-order valence-electron chi connectivity index (χ1n) is 10.3. The zero-order chi connectivity index (χ0) is 20.7. The maximum absolute atomic E-state index is 13.2. The molecule has 8 heteroatoms. The Labute approximate surface area is 169 Å². The summed E-state index contributed by atoms with van der Waals surface area (Å²) in [5, 5.41) is 4.31. The maximum atomic E-state index is 13.2. The predicted molar refractivity (Wildman–Crippen MR) is 108 cm³/mol. The lowest BCUT2D eigenvalue weighted by atomic mass is 9.95. The Morgan fingerprint density at radius 2 is 2.03 bits per heavy atom. The molecule has 8 nitrogen and oxygen atoms in total. The van der Waals surface area contributed by atoms with Crippen molar-refractivity contribution in [1.82, 2.24) is 24.1 Å². The second-order valence-corrected chi connectivity index (χ2v) is 7.95. The number of nitrogens with zero attached hydrogens (tertiary/aromatic N) is 5. The minimum absolute atomic E-state index is 0.127. The third-order valence-corrected chi connectivity index (χ3v) is 6.06. The summed E-state index contributed by atoms with van der Waals surface area (Å²) in [6.07, 6.45) is 5.98. The van der Waals surface area contributed by atoms with Gasteiger partial charge in [-0.05, 0) is 50.3 Å². The normalized spacial score (nSPS) is 18.8. The number of hydrogen-bond donors (Lipinski definition) is 0. The van der Waals surface area contributed by atoms with Crippen LogP contribution in [0.2, 0.25) is 0 Å². The van der Waals surface area contributed by atoms with Crippen molar-refractivity contribution in [3.05, 3.63) is 51.2 Å². The molecule has 2 aliphatic heterocycles. The average Bonchev–Trinajstić information content (AvgIpc) is 3.36. The van der Waals surface area contributed by atoms with Crippen molar-refractivity contribution < 1.29 is 9.59 Å². The van der Waals surface area contributed by atoms with Crippen molar-refractivity contribution in [3.8, 4) is 0 Å². The van der Waals surface area contributed by atoms with Crippen LogP contribution in [0.5, 0.6) is 0 Å². The largest absolute Gasteiger partial charge is 0.336 e. The molecular weight excluding hydrogens is 370 g/mol. The van der Waals surface area contributed by atoms with Crippen molar-refractivity contribution in [2.24, 2.45) is 7.05 Å². The number of amides is 2. The monoisotopic (exact) mass is 397 g/mol. The van der Waals surface area contributed by atoms with Crippen LogP contribution in [-0.4, -0.2) is 55.1 Å². The summed E-state index contributed by atoms with van der Waals surface area (Å²) >= 11 is 0. The Morgan fingerprint density at radius 3 is 2.69 bits per heavy atom. The van der Waals surface area contributed by atoms with Gasteiger partial charge in [-0.25, -0.2) is 0 Å². The summed E-state index contributed by atoms with van der Waals surface area (Å²) in [5.41, 5.74) is 2.09. The summed E-state index contributed by atoms with van der Waals surface area (Å²) in [6, 6.07) is 1.88. The molecule has 0 saturated carbocycles. The second-order valence-electron chi connectivity index (χ2n) is 7.95. The number of rotatable bonds is 3. The van der Waals surface area contributed by atoms with Gasteiger partial charge >= 0.3 is 0 Å². The molecule has 0 spiro atoms. The Kier molecular flexibility index (Phi) is 5.02. The van der Waals surface area contributed by atoms with E-state index in [-0.39, 0.29) is 29.0 Å². The van der Waals surface area contributed by atoms with E-state index in [0.29, 0.717) is 38.3 Å². The van der Waals surface area contributed by atoms with Gasteiger partial charge in [-0.1, -0.05) is 0 Å². The van der Waals surface area contributed by atoms with Crippen LogP contribution in [0.1, 0.15) is 58.7 Å². The van der Waals surface area contributed by atoms with Crippen molar-refractivity contribution in [3.63, 3.8) is 0 Å². The Balaban J connectivity index is 1.65. The number of aromatic nitrogens is 3. The van der Waals surface area contributed by atoms with Gasteiger partial charge in [0.1, 0.15) is 11.3 Å². The maximum Gasteiger partial charge on any atom is 0.274 e. The minimum Gasteiger partial charge on any atom is -0.336 e. The van der Waals surface area contributed by atoms with Crippen molar-refractivity contribution >= 4 is 11.8 Å². The molecule has 1 fully saturated rings. The number of likely N-dealkylation sites (tertiary alicyclic amines) is 1. The van der Waals surface area contributed by atoms with E-state index in [1.165, 1.54) is 4.57 Å². The van der Waals surface area contributed by atoms with E-state index in [4.69, 9.17) is 0 Å². The van der Waals surface area contributed by atoms with Crippen molar-refractivity contribution in [2.75, 3.05) is 13.1 Å². The van der Waals surface area contributed by atoms with Gasteiger partial charge < -0.3 is 14.4 Å². The molecule has 2 aromatic heterocycles. The fourth-order valence-corrected chi connectivity index (χ4v) is 4.38. The smallest absolute Gasteiger partial charge is 0.274 e. The molecule has 0 N–H and O–H groups in total. The van der Waals surface area contributed by atoms with E-state index >= 15 is 0 Å². The molecule has 2 aliphatic rings. The molecule has 1 saturated heterocycles. The number of carbonyl (C=O) groups excluding carboxylic acids is 2. The summed E-state index contributed by atoms with van der Waals surface area (Å²) in [4.78, 5) is 42.5.